The van der Waals surface area contributed by atoms with E-state index in [0.717, 1.165) is 23.1 Å². The topological polar surface area (TPSA) is 87.9 Å². The molecule has 1 saturated heterocycles. The van der Waals surface area contributed by atoms with Crippen molar-refractivity contribution in [2.75, 3.05) is 36.0 Å². The highest BCUT2D eigenvalue weighted by Gasteiger charge is 2.31. The zero-order chi connectivity index (χ0) is 23.7. The molecule has 1 fully saturated rings. The van der Waals surface area contributed by atoms with E-state index in [1.165, 1.54) is 23.2 Å². The van der Waals surface area contributed by atoms with Crippen molar-refractivity contribution in [2.45, 2.75) is 38.6 Å². The first kappa shape index (κ1) is 22.8. The van der Waals surface area contributed by atoms with E-state index in [9.17, 15) is 19.2 Å². The highest BCUT2D eigenvalue weighted by molar-refractivity contribution is 5.97. The Balaban J connectivity index is 1.37. The molecule has 2 aliphatic rings. The van der Waals surface area contributed by atoms with E-state index >= 15 is 0 Å². The van der Waals surface area contributed by atoms with Crippen molar-refractivity contribution in [3.05, 3.63) is 56.7 Å². The van der Waals surface area contributed by atoms with Crippen molar-refractivity contribution < 1.29 is 9.59 Å². The minimum absolute atomic E-state index is 0.0209. The summed E-state index contributed by atoms with van der Waals surface area (Å²) in [6, 6.07) is 9.49. The molecule has 1 aromatic carbocycles. The largest absolute Gasteiger partial charge is 0.356 e. The number of hydrogen-bond donors (Lipinski definition) is 0. The maximum atomic E-state index is 12.9. The van der Waals surface area contributed by atoms with Crippen molar-refractivity contribution in [3.63, 3.8) is 0 Å². The normalized spacial score (nSPS) is 18.3. The van der Waals surface area contributed by atoms with Gasteiger partial charge >= 0.3 is 5.69 Å². The lowest BCUT2D eigenvalue weighted by Crippen LogP contribution is -2.41. The maximum Gasteiger partial charge on any atom is 0.332 e. The van der Waals surface area contributed by atoms with Crippen LogP contribution in [0.3, 0.4) is 0 Å². The van der Waals surface area contributed by atoms with E-state index in [-0.39, 0.29) is 41.9 Å². The Labute approximate surface area is 192 Å². The third-order valence-electron chi connectivity index (χ3n) is 6.70. The van der Waals surface area contributed by atoms with Gasteiger partial charge in [-0.3, -0.25) is 23.5 Å². The number of benzene rings is 1. The van der Waals surface area contributed by atoms with E-state index in [1.807, 2.05) is 41.0 Å². The monoisotopic (exact) mass is 453 g/mol. The van der Waals surface area contributed by atoms with Gasteiger partial charge < -0.3 is 14.7 Å². The van der Waals surface area contributed by atoms with Gasteiger partial charge in [0.1, 0.15) is 5.82 Å². The highest BCUT2D eigenvalue weighted by atomic mass is 16.2. The second kappa shape index (κ2) is 9.25. The van der Waals surface area contributed by atoms with E-state index in [2.05, 4.69) is 0 Å². The summed E-state index contributed by atoms with van der Waals surface area (Å²) in [5, 5.41) is 0. The fourth-order valence-corrected chi connectivity index (χ4v) is 4.86. The number of amides is 2. The van der Waals surface area contributed by atoms with E-state index < -0.39 is 0 Å². The predicted molar refractivity (Wildman–Crippen MR) is 127 cm³/mol. The molecular formula is C24H31N5O4. The summed E-state index contributed by atoms with van der Waals surface area (Å²) in [4.78, 5) is 55.8. The number of anilines is 2. The Kier molecular flexibility index (Phi) is 6.40. The molecule has 2 amide bonds. The van der Waals surface area contributed by atoms with Crippen LogP contribution in [0.4, 0.5) is 11.5 Å². The molecular weight excluding hydrogens is 422 g/mol. The van der Waals surface area contributed by atoms with Crippen molar-refractivity contribution in [1.29, 1.82) is 0 Å². The van der Waals surface area contributed by atoms with Gasteiger partial charge in [-0.2, -0.15) is 0 Å². The number of hydrogen-bond acceptors (Lipinski definition) is 5. The fourth-order valence-electron chi connectivity index (χ4n) is 4.86. The average Bonchev–Trinajstić information content (AvgIpc) is 2.96. The van der Waals surface area contributed by atoms with Crippen molar-refractivity contribution in [3.8, 4) is 0 Å². The van der Waals surface area contributed by atoms with Crippen molar-refractivity contribution in [2.24, 2.45) is 14.1 Å². The SMILES string of the molecule is C[C@@H]1Cc2ccccc2N1C(=O)CCC(=O)N1CCCN(c2cc(=O)n(C)c(=O)n2C)CC1. The molecule has 3 heterocycles. The fraction of sp³-hybridized carbons (Fsp3) is 0.500. The zero-order valence-electron chi connectivity index (χ0n) is 19.5. The van der Waals surface area contributed by atoms with Crippen molar-refractivity contribution >= 4 is 23.3 Å². The minimum atomic E-state index is -0.370. The van der Waals surface area contributed by atoms with Crippen LogP contribution < -0.4 is 21.0 Å². The quantitative estimate of drug-likeness (QED) is 0.686. The van der Waals surface area contributed by atoms with Gasteiger partial charge in [0.05, 0.1) is 0 Å². The number of carbonyl (C=O) groups excluding carboxylic acids is 2. The third kappa shape index (κ3) is 4.44. The summed E-state index contributed by atoms with van der Waals surface area (Å²) in [5.74, 6) is 0.504. The zero-order valence-corrected chi connectivity index (χ0v) is 19.5. The first-order chi connectivity index (χ1) is 15.8. The first-order valence-corrected chi connectivity index (χ1v) is 11.5. The number of carbonyl (C=O) groups is 2. The molecule has 0 N–H and O–H groups in total. The summed E-state index contributed by atoms with van der Waals surface area (Å²) in [7, 11) is 3.11. The van der Waals surface area contributed by atoms with Gasteiger partial charge in [-0.25, -0.2) is 4.79 Å². The van der Waals surface area contributed by atoms with Gasteiger partial charge in [-0.05, 0) is 31.4 Å². The third-order valence-corrected chi connectivity index (χ3v) is 6.70. The van der Waals surface area contributed by atoms with E-state index in [0.29, 0.717) is 32.0 Å². The van der Waals surface area contributed by atoms with Crippen molar-refractivity contribution in [1.82, 2.24) is 14.0 Å². The summed E-state index contributed by atoms with van der Waals surface area (Å²) in [6.07, 6.45) is 1.91. The number of nitrogens with zero attached hydrogens (tertiary/aromatic N) is 5. The van der Waals surface area contributed by atoms with Gasteiger partial charge in [-0.15, -0.1) is 0 Å². The Hall–Kier alpha value is -3.36. The molecule has 2 aromatic rings. The van der Waals surface area contributed by atoms with Gasteiger partial charge in [-0.1, -0.05) is 18.2 Å². The predicted octanol–water partition coefficient (Wildman–Crippen LogP) is 0.881. The van der Waals surface area contributed by atoms with Crippen LogP contribution in [-0.2, 0) is 30.1 Å². The minimum Gasteiger partial charge on any atom is -0.356 e. The number of rotatable bonds is 4. The summed E-state index contributed by atoms with van der Waals surface area (Å²) in [6.45, 7) is 4.28. The molecule has 0 aliphatic carbocycles. The molecule has 0 saturated carbocycles. The number of aromatic nitrogens is 2. The molecule has 0 unspecified atom stereocenters. The van der Waals surface area contributed by atoms with Crippen LogP contribution in [-0.4, -0.2) is 58.1 Å². The molecule has 2 aliphatic heterocycles. The molecule has 0 spiro atoms. The molecule has 0 radical (unpaired) electrons. The van der Waals surface area contributed by atoms with E-state index in [4.69, 9.17) is 0 Å². The lowest BCUT2D eigenvalue weighted by atomic mass is 10.1. The highest BCUT2D eigenvalue weighted by Crippen LogP contribution is 2.32. The Morgan fingerprint density at radius 1 is 0.939 bits per heavy atom. The van der Waals surface area contributed by atoms with Crippen LogP contribution >= 0.6 is 0 Å². The van der Waals surface area contributed by atoms with E-state index in [1.54, 1.807) is 11.9 Å². The standard InChI is InChI=1S/C24H31N5O4/c1-17-15-18-7-4-5-8-19(18)29(17)22(31)10-9-21(30)28-12-6-11-27(13-14-28)20-16-23(32)26(3)24(33)25(20)2/h4-5,7-8,16-17H,6,9-15H2,1-3H3/t17-/m1/s1. The van der Waals surface area contributed by atoms with Gasteiger partial charge in [0.2, 0.25) is 11.8 Å². The Morgan fingerprint density at radius 2 is 1.67 bits per heavy atom. The van der Waals surface area contributed by atoms with Crippen LogP contribution in [0.1, 0.15) is 31.7 Å². The molecule has 4 rings (SSSR count). The van der Waals surface area contributed by atoms with Gasteiger partial charge in [0.25, 0.3) is 5.56 Å². The molecule has 9 nitrogen and oxygen atoms in total. The first-order valence-electron chi connectivity index (χ1n) is 11.5. The van der Waals surface area contributed by atoms with Crippen LogP contribution in [0.5, 0.6) is 0 Å². The lowest BCUT2D eigenvalue weighted by molar-refractivity contribution is -0.133. The van der Waals surface area contributed by atoms with Crippen LogP contribution in [0, 0.1) is 0 Å². The summed E-state index contributed by atoms with van der Waals surface area (Å²) < 4.78 is 2.54. The van der Waals surface area contributed by atoms with Crippen LogP contribution in [0.15, 0.2) is 39.9 Å². The van der Waals surface area contributed by atoms with Crippen LogP contribution in [0.2, 0.25) is 0 Å². The Morgan fingerprint density at radius 3 is 2.45 bits per heavy atom. The molecule has 33 heavy (non-hydrogen) atoms. The molecule has 176 valence electrons. The molecule has 1 atom stereocenters. The Bertz CT molecular complexity index is 1180. The van der Waals surface area contributed by atoms with Crippen LogP contribution in [0.25, 0.3) is 0 Å². The maximum absolute atomic E-state index is 12.9. The van der Waals surface area contributed by atoms with Gasteiger partial charge in [0, 0.05) is 70.9 Å². The number of para-hydroxylation sites is 1. The summed E-state index contributed by atoms with van der Waals surface area (Å²) >= 11 is 0. The lowest BCUT2D eigenvalue weighted by Gasteiger charge is -2.26. The molecule has 0 bridgehead atoms. The second-order valence-electron chi connectivity index (χ2n) is 8.91. The van der Waals surface area contributed by atoms with Gasteiger partial charge in [0.15, 0.2) is 0 Å². The molecule has 1 aromatic heterocycles. The summed E-state index contributed by atoms with van der Waals surface area (Å²) in [5.41, 5.74) is 1.40. The smallest absolute Gasteiger partial charge is 0.332 e. The average molecular weight is 454 g/mol. The molecule has 9 heteroatoms. The second-order valence-corrected chi connectivity index (χ2v) is 8.91. The number of fused-ring (bicyclic) bond motifs is 1.